The molecule has 1 aromatic heterocycles. The lowest BCUT2D eigenvalue weighted by Crippen LogP contribution is -2.52. The van der Waals surface area contributed by atoms with Gasteiger partial charge < -0.3 is 14.7 Å². The summed E-state index contributed by atoms with van der Waals surface area (Å²) in [4.78, 5) is 27.9. The van der Waals surface area contributed by atoms with Gasteiger partial charge in [0.05, 0.1) is 10.6 Å². The normalized spacial score (nSPS) is 14.9. The summed E-state index contributed by atoms with van der Waals surface area (Å²) in [5.74, 6) is -0.104. The second-order valence-electron chi connectivity index (χ2n) is 10.2. The molecule has 208 valence electrons. The van der Waals surface area contributed by atoms with Gasteiger partial charge in [-0.1, -0.05) is 67.9 Å². The molecule has 0 spiro atoms. The van der Waals surface area contributed by atoms with Crippen molar-refractivity contribution in [2.45, 2.75) is 64.4 Å². The summed E-state index contributed by atoms with van der Waals surface area (Å²) in [6, 6.07) is 13.6. The van der Waals surface area contributed by atoms with Crippen molar-refractivity contribution in [1.29, 1.82) is 0 Å². The van der Waals surface area contributed by atoms with Crippen LogP contribution in [0.15, 0.2) is 57.9 Å². The van der Waals surface area contributed by atoms with Crippen molar-refractivity contribution in [2.75, 3.05) is 11.8 Å². The molecule has 2 N–H and O–H groups in total. The number of nitrogens with one attached hydrogen (secondary N) is 2. The van der Waals surface area contributed by atoms with Crippen LogP contribution in [0.5, 0.6) is 0 Å². The minimum atomic E-state index is -3.96. The first kappa shape index (κ1) is 28.4. The van der Waals surface area contributed by atoms with E-state index in [1.807, 2.05) is 38.1 Å². The molecule has 1 fully saturated rings. The fourth-order valence-corrected chi connectivity index (χ4v) is 5.85. The largest absolute Gasteiger partial charge is 0.357 e. The highest BCUT2D eigenvalue weighted by molar-refractivity contribution is 7.92. The van der Waals surface area contributed by atoms with Crippen LogP contribution in [-0.2, 0) is 26.2 Å². The Morgan fingerprint density at radius 3 is 2.33 bits per heavy atom. The highest BCUT2D eigenvalue weighted by Gasteiger charge is 2.40. The van der Waals surface area contributed by atoms with Crippen molar-refractivity contribution < 1.29 is 22.5 Å². The molecule has 0 bridgehead atoms. The SMILES string of the molecule is CCC(C)[C@@H](C(=O)NC)N(Cc1ccc(-c2ccccc2S(=O)(=O)Nc2onc(C)c2C)cc1)C(=O)C1CC1. The second kappa shape index (κ2) is 11.6. The van der Waals surface area contributed by atoms with Crippen molar-refractivity contribution in [3.63, 3.8) is 0 Å². The summed E-state index contributed by atoms with van der Waals surface area (Å²) < 4.78 is 34.3. The van der Waals surface area contributed by atoms with Gasteiger partial charge in [-0.2, -0.15) is 0 Å². The standard InChI is InChI=1S/C29H36N4O5S/c1-6-18(2)26(27(34)30-5)33(29(35)23-15-16-23)17-21-11-13-22(14-12-21)24-9-7-8-10-25(24)39(36,37)32-28-19(3)20(4)31-38-28/h7-14,18,23,26,32H,6,15-17H2,1-5H3,(H,30,34)/t18?,26-/m0/s1. The van der Waals surface area contributed by atoms with Crippen LogP contribution in [-0.4, -0.2) is 43.4 Å². The van der Waals surface area contributed by atoms with Gasteiger partial charge in [0.1, 0.15) is 6.04 Å². The van der Waals surface area contributed by atoms with Crippen LogP contribution in [0.25, 0.3) is 11.1 Å². The van der Waals surface area contributed by atoms with E-state index in [2.05, 4.69) is 15.2 Å². The Hall–Kier alpha value is -3.66. The number of aromatic nitrogens is 1. The van der Waals surface area contributed by atoms with Gasteiger partial charge in [0.25, 0.3) is 10.0 Å². The summed E-state index contributed by atoms with van der Waals surface area (Å²) in [6.07, 6.45) is 2.46. The molecule has 1 aliphatic rings. The molecule has 0 aliphatic heterocycles. The first-order chi connectivity index (χ1) is 18.6. The Kier molecular flexibility index (Phi) is 8.44. The fraction of sp³-hybridized carbons (Fsp3) is 0.414. The summed E-state index contributed by atoms with van der Waals surface area (Å²) in [5.41, 5.74) is 3.32. The molecule has 2 atom stereocenters. The zero-order valence-electron chi connectivity index (χ0n) is 23.0. The van der Waals surface area contributed by atoms with E-state index in [1.54, 1.807) is 50.1 Å². The van der Waals surface area contributed by atoms with Crippen molar-refractivity contribution in [3.8, 4) is 11.1 Å². The van der Waals surface area contributed by atoms with Gasteiger partial charge in [0, 0.05) is 30.6 Å². The van der Waals surface area contributed by atoms with E-state index < -0.39 is 16.1 Å². The number of carbonyl (C=O) groups excluding carboxylic acids is 2. The smallest absolute Gasteiger partial charge is 0.264 e. The van der Waals surface area contributed by atoms with E-state index in [4.69, 9.17) is 4.52 Å². The number of hydrogen-bond donors (Lipinski definition) is 2. The molecule has 1 aliphatic carbocycles. The number of sulfonamides is 1. The van der Waals surface area contributed by atoms with Crippen molar-refractivity contribution in [3.05, 3.63) is 65.4 Å². The van der Waals surface area contributed by atoms with E-state index in [9.17, 15) is 18.0 Å². The third-order valence-corrected chi connectivity index (χ3v) is 8.81. The van der Waals surface area contributed by atoms with Gasteiger partial charge in [-0.3, -0.25) is 9.59 Å². The van der Waals surface area contributed by atoms with Crippen molar-refractivity contribution in [2.24, 2.45) is 11.8 Å². The Morgan fingerprint density at radius 1 is 1.10 bits per heavy atom. The highest BCUT2D eigenvalue weighted by Crippen LogP contribution is 2.34. The second-order valence-corrected chi connectivity index (χ2v) is 11.9. The Morgan fingerprint density at radius 2 is 1.77 bits per heavy atom. The maximum Gasteiger partial charge on any atom is 0.264 e. The molecule has 2 amide bonds. The van der Waals surface area contributed by atoms with Crippen molar-refractivity contribution in [1.82, 2.24) is 15.4 Å². The van der Waals surface area contributed by atoms with E-state index >= 15 is 0 Å². The molecular formula is C29H36N4O5S. The van der Waals surface area contributed by atoms with E-state index in [-0.39, 0.29) is 34.4 Å². The molecule has 2 aromatic carbocycles. The maximum absolute atomic E-state index is 13.3. The molecule has 0 radical (unpaired) electrons. The van der Waals surface area contributed by atoms with Crippen LogP contribution in [0, 0.1) is 25.7 Å². The van der Waals surface area contributed by atoms with Crippen LogP contribution >= 0.6 is 0 Å². The molecule has 3 aromatic rings. The van der Waals surface area contributed by atoms with Crippen LogP contribution in [0.2, 0.25) is 0 Å². The lowest BCUT2D eigenvalue weighted by molar-refractivity contribution is -0.144. The number of anilines is 1. The minimum absolute atomic E-state index is 0.00621. The monoisotopic (exact) mass is 552 g/mol. The van der Waals surface area contributed by atoms with Crippen LogP contribution in [0.4, 0.5) is 5.88 Å². The molecule has 10 heteroatoms. The topological polar surface area (TPSA) is 122 Å². The average Bonchev–Trinajstić information content (AvgIpc) is 3.75. The summed E-state index contributed by atoms with van der Waals surface area (Å²) in [5, 5.41) is 6.55. The number of carbonyl (C=O) groups is 2. The number of rotatable bonds is 11. The zero-order valence-corrected chi connectivity index (χ0v) is 23.8. The van der Waals surface area contributed by atoms with Gasteiger partial charge in [0.15, 0.2) is 0 Å². The number of aryl methyl sites for hydroxylation is 1. The van der Waals surface area contributed by atoms with Gasteiger partial charge in [-0.05, 0) is 49.8 Å². The Balaban J connectivity index is 1.62. The lowest BCUT2D eigenvalue weighted by Gasteiger charge is -2.34. The van der Waals surface area contributed by atoms with Gasteiger partial charge in [-0.15, -0.1) is 0 Å². The Bertz CT molecular complexity index is 1440. The number of benzene rings is 2. The average molecular weight is 553 g/mol. The van der Waals surface area contributed by atoms with E-state index in [0.29, 0.717) is 28.9 Å². The molecular weight excluding hydrogens is 516 g/mol. The minimum Gasteiger partial charge on any atom is -0.357 e. The molecule has 4 rings (SSSR count). The third kappa shape index (κ3) is 6.16. The van der Waals surface area contributed by atoms with Crippen molar-refractivity contribution >= 4 is 27.7 Å². The number of amides is 2. The van der Waals surface area contributed by atoms with Crippen LogP contribution in [0.1, 0.15) is 49.9 Å². The zero-order chi connectivity index (χ0) is 28.3. The third-order valence-electron chi connectivity index (χ3n) is 7.42. The van der Waals surface area contributed by atoms with E-state index in [0.717, 1.165) is 24.8 Å². The summed E-state index contributed by atoms with van der Waals surface area (Å²) >= 11 is 0. The lowest BCUT2D eigenvalue weighted by atomic mass is 9.95. The summed E-state index contributed by atoms with van der Waals surface area (Å²) in [6.45, 7) is 7.78. The van der Waals surface area contributed by atoms with E-state index in [1.165, 1.54) is 0 Å². The predicted molar refractivity (Wildman–Crippen MR) is 149 cm³/mol. The molecule has 1 heterocycles. The first-order valence-electron chi connectivity index (χ1n) is 13.2. The fourth-order valence-electron chi connectivity index (χ4n) is 4.57. The molecule has 1 saturated carbocycles. The number of hydrogen-bond acceptors (Lipinski definition) is 6. The molecule has 9 nitrogen and oxygen atoms in total. The molecule has 1 unspecified atom stereocenters. The predicted octanol–water partition coefficient (Wildman–Crippen LogP) is 4.66. The molecule has 0 saturated heterocycles. The van der Waals surface area contributed by atoms with Crippen LogP contribution < -0.4 is 10.0 Å². The number of likely N-dealkylation sites (N-methyl/N-ethyl adjacent to an activating group) is 1. The Labute approximate surface area is 230 Å². The summed E-state index contributed by atoms with van der Waals surface area (Å²) in [7, 11) is -2.37. The maximum atomic E-state index is 13.3. The van der Waals surface area contributed by atoms with Gasteiger partial charge in [-0.25, -0.2) is 13.1 Å². The number of nitrogens with zero attached hydrogens (tertiary/aromatic N) is 2. The quantitative estimate of drug-likeness (QED) is 0.357. The van der Waals surface area contributed by atoms with Crippen LogP contribution in [0.3, 0.4) is 0 Å². The first-order valence-corrected chi connectivity index (χ1v) is 14.7. The van der Waals surface area contributed by atoms with Gasteiger partial charge >= 0.3 is 0 Å². The highest BCUT2D eigenvalue weighted by atomic mass is 32.2. The molecule has 39 heavy (non-hydrogen) atoms. The van der Waals surface area contributed by atoms with Gasteiger partial charge in [0.2, 0.25) is 17.7 Å².